The van der Waals surface area contributed by atoms with Crippen LogP contribution in [0.15, 0.2) is 0 Å². The zero-order valence-corrected chi connectivity index (χ0v) is 21.6. The molecule has 3 aliphatic rings. The molecule has 14 heteroatoms. The first kappa shape index (κ1) is 28.3. The van der Waals surface area contributed by atoms with Gasteiger partial charge in [0, 0.05) is 34.1 Å². The van der Waals surface area contributed by atoms with Crippen LogP contribution in [0.2, 0.25) is 0 Å². The van der Waals surface area contributed by atoms with Crippen molar-refractivity contribution in [2.24, 2.45) is 0 Å². The molecule has 0 aromatic carbocycles. The summed E-state index contributed by atoms with van der Waals surface area (Å²) in [6.07, 6.45) is -6.84. The van der Waals surface area contributed by atoms with Crippen LogP contribution in [0, 0.1) is 0 Å². The lowest BCUT2D eigenvalue weighted by Gasteiger charge is -2.45. The molecule has 0 unspecified atom stereocenters. The maximum Gasteiger partial charge on any atom is 0.303 e. The highest BCUT2D eigenvalue weighted by atomic mass is 32.2. The van der Waals surface area contributed by atoms with Gasteiger partial charge in [-0.1, -0.05) is 11.8 Å². The number of carbonyl (C=O) groups is 5. The normalized spacial score (nSPS) is 35.3. The molecular formula is C22H30O13S. The highest BCUT2D eigenvalue weighted by Crippen LogP contribution is 2.41. The minimum absolute atomic E-state index is 0.0713. The van der Waals surface area contributed by atoms with Crippen molar-refractivity contribution in [2.75, 3.05) is 6.61 Å². The maximum absolute atomic E-state index is 12.7. The number of ketones is 1. The topological polar surface area (TPSA) is 159 Å². The molecule has 202 valence electrons. The Labute approximate surface area is 211 Å². The second-order valence-corrected chi connectivity index (χ2v) is 10.1. The van der Waals surface area contributed by atoms with E-state index < -0.39 is 77.3 Å². The second kappa shape index (κ2) is 11.4. The predicted molar refractivity (Wildman–Crippen MR) is 118 cm³/mol. The standard InChI is InChI=1S/C22H30O13S/c1-9(23)28-8-14-17(29-10(2)24)18(30-11(3)25)19(31-12(4)26)21(32-14)36-15-7-13(27)16-20(33-15)35-22(5,6)34-16/h14-21H,7-8H2,1-6H3/t14-,15-,16-,17-,18+,19-,20-,21+/m0/s1. The van der Waals surface area contributed by atoms with Crippen molar-refractivity contribution < 1.29 is 61.9 Å². The average molecular weight is 535 g/mol. The molecule has 0 aliphatic carbocycles. The van der Waals surface area contributed by atoms with E-state index >= 15 is 0 Å². The van der Waals surface area contributed by atoms with Crippen molar-refractivity contribution in [3.8, 4) is 0 Å². The Morgan fingerprint density at radius 3 is 2.03 bits per heavy atom. The molecule has 0 N–H and O–H groups in total. The quantitative estimate of drug-likeness (QED) is 0.330. The molecule has 0 radical (unpaired) electrons. The summed E-state index contributed by atoms with van der Waals surface area (Å²) in [4.78, 5) is 59.9. The van der Waals surface area contributed by atoms with Gasteiger partial charge in [0.2, 0.25) is 0 Å². The van der Waals surface area contributed by atoms with Crippen LogP contribution in [-0.2, 0) is 61.9 Å². The molecule has 0 aromatic heterocycles. The fourth-order valence-corrected chi connectivity index (χ4v) is 5.36. The molecule has 0 aromatic rings. The molecule has 0 spiro atoms. The van der Waals surface area contributed by atoms with Crippen molar-refractivity contribution in [3.63, 3.8) is 0 Å². The van der Waals surface area contributed by atoms with Crippen LogP contribution >= 0.6 is 11.8 Å². The van der Waals surface area contributed by atoms with E-state index in [1.54, 1.807) is 13.8 Å². The molecule has 8 atom stereocenters. The average Bonchev–Trinajstić information content (AvgIpc) is 3.04. The second-order valence-electron chi connectivity index (χ2n) is 8.86. The number of carbonyl (C=O) groups excluding carboxylic acids is 5. The van der Waals surface area contributed by atoms with Crippen LogP contribution in [-0.4, -0.2) is 89.7 Å². The van der Waals surface area contributed by atoms with Crippen LogP contribution < -0.4 is 0 Å². The molecule has 36 heavy (non-hydrogen) atoms. The van der Waals surface area contributed by atoms with E-state index in [-0.39, 0.29) is 18.8 Å². The van der Waals surface area contributed by atoms with Gasteiger partial charge in [0.15, 0.2) is 42.3 Å². The smallest absolute Gasteiger partial charge is 0.303 e. The maximum atomic E-state index is 12.7. The minimum Gasteiger partial charge on any atom is -0.463 e. The summed E-state index contributed by atoms with van der Waals surface area (Å²) in [7, 11) is 0. The molecule has 0 bridgehead atoms. The van der Waals surface area contributed by atoms with E-state index in [0.29, 0.717) is 0 Å². The summed E-state index contributed by atoms with van der Waals surface area (Å²) in [6.45, 7) is 7.57. The van der Waals surface area contributed by atoms with Crippen molar-refractivity contribution >= 4 is 41.4 Å². The number of thioether (sulfide) groups is 1. The van der Waals surface area contributed by atoms with E-state index in [2.05, 4.69) is 0 Å². The number of hydrogen-bond donors (Lipinski definition) is 0. The number of hydrogen-bond acceptors (Lipinski definition) is 14. The van der Waals surface area contributed by atoms with E-state index in [1.807, 2.05) is 0 Å². The van der Waals surface area contributed by atoms with Crippen LogP contribution in [0.25, 0.3) is 0 Å². The molecule has 0 amide bonds. The van der Waals surface area contributed by atoms with Gasteiger partial charge in [-0.05, 0) is 13.8 Å². The SMILES string of the molecule is CC(=O)OC[C@@H]1O[C@H](S[C@H]2CC(=O)[C@@H]3OC(C)(C)O[C@@H]3O2)[C@@H](OC(C)=O)[C@H](OC(C)=O)[C@H]1OC(C)=O. The van der Waals surface area contributed by atoms with Crippen molar-refractivity contribution in [2.45, 2.75) is 101 Å². The fraction of sp³-hybridized carbons (Fsp3) is 0.773. The molecule has 3 aliphatic heterocycles. The summed E-state index contributed by atoms with van der Waals surface area (Å²) in [5.41, 5.74) is -1.88. The summed E-state index contributed by atoms with van der Waals surface area (Å²) < 4.78 is 44.5. The summed E-state index contributed by atoms with van der Waals surface area (Å²) in [6, 6.07) is 0. The Kier molecular flexibility index (Phi) is 8.98. The Bertz CT molecular complexity index is 889. The van der Waals surface area contributed by atoms with Crippen molar-refractivity contribution in [1.29, 1.82) is 0 Å². The van der Waals surface area contributed by atoms with Gasteiger partial charge in [0.25, 0.3) is 0 Å². The molecule has 3 fully saturated rings. The molecule has 0 saturated carbocycles. The van der Waals surface area contributed by atoms with Crippen LogP contribution in [0.5, 0.6) is 0 Å². The molecule has 13 nitrogen and oxygen atoms in total. The predicted octanol–water partition coefficient (Wildman–Crippen LogP) is 0.596. The summed E-state index contributed by atoms with van der Waals surface area (Å²) in [5, 5.41) is 0. The Morgan fingerprint density at radius 2 is 1.44 bits per heavy atom. The number of fused-ring (bicyclic) bond motifs is 1. The zero-order valence-electron chi connectivity index (χ0n) is 20.7. The molecule has 3 heterocycles. The van der Waals surface area contributed by atoms with Gasteiger partial charge in [-0.2, -0.15) is 0 Å². The van der Waals surface area contributed by atoms with E-state index in [9.17, 15) is 24.0 Å². The third-order valence-electron chi connectivity index (χ3n) is 5.26. The minimum atomic E-state index is -1.31. The fourth-order valence-electron chi connectivity index (χ4n) is 4.05. The third kappa shape index (κ3) is 7.16. The van der Waals surface area contributed by atoms with E-state index in [0.717, 1.165) is 32.5 Å². The molecular weight excluding hydrogens is 504 g/mol. The van der Waals surface area contributed by atoms with Gasteiger partial charge in [-0.3, -0.25) is 24.0 Å². The Morgan fingerprint density at radius 1 is 0.861 bits per heavy atom. The summed E-state index contributed by atoms with van der Waals surface area (Å²) in [5.74, 6) is -4.07. The lowest BCUT2D eigenvalue weighted by atomic mass is 9.99. The van der Waals surface area contributed by atoms with Crippen LogP contribution in [0.1, 0.15) is 48.0 Å². The van der Waals surface area contributed by atoms with Gasteiger partial charge in [-0.15, -0.1) is 0 Å². The first-order valence-corrected chi connectivity index (χ1v) is 12.2. The third-order valence-corrected chi connectivity index (χ3v) is 6.49. The highest BCUT2D eigenvalue weighted by Gasteiger charge is 2.55. The van der Waals surface area contributed by atoms with Crippen LogP contribution in [0.3, 0.4) is 0 Å². The lowest BCUT2D eigenvalue weighted by molar-refractivity contribution is -0.238. The highest BCUT2D eigenvalue weighted by molar-refractivity contribution is 8.00. The number of rotatable bonds is 7. The van der Waals surface area contributed by atoms with Gasteiger partial charge >= 0.3 is 23.9 Å². The van der Waals surface area contributed by atoms with Gasteiger partial charge < -0.3 is 37.9 Å². The van der Waals surface area contributed by atoms with E-state index in [4.69, 9.17) is 37.9 Å². The van der Waals surface area contributed by atoms with Gasteiger partial charge in [0.05, 0.1) is 0 Å². The van der Waals surface area contributed by atoms with Crippen LogP contribution in [0.4, 0.5) is 0 Å². The number of ether oxygens (including phenoxy) is 8. The molecule has 3 rings (SSSR count). The number of Topliss-reactive ketones (excluding diaryl/α,β-unsaturated/α-hetero) is 1. The first-order valence-electron chi connectivity index (χ1n) is 11.3. The largest absolute Gasteiger partial charge is 0.463 e. The molecule has 3 saturated heterocycles. The first-order chi connectivity index (χ1) is 16.8. The monoisotopic (exact) mass is 534 g/mol. The zero-order chi connectivity index (χ0) is 26.8. The lowest BCUT2D eigenvalue weighted by Crippen LogP contribution is -2.62. The van der Waals surface area contributed by atoms with Crippen molar-refractivity contribution in [1.82, 2.24) is 0 Å². The van der Waals surface area contributed by atoms with E-state index in [1.165, 1.54) is 6.92 Å². The summed E-state index contributed by atoms with van der Waals surface area (Å²) >= 11 is 0.984. The Hall–Kier alpha value is -2.26. The number of esters is 4. The van der Waals surface area contributed by atoms with Gasteiger partial charge in [0.1, 0.15) is 23.6 Å². The van der Waals surface area contributed by atoms with Crippen molar-refractivity contribution in [3.05, 3.63) is 0 Å². The Balaban J connectivity index is 1.88. The van der Waals surface area contributed by atoms with Gasteiger partial charge in [-0.25, -0.2) is 0 Å².